The van der Waals surface area contributed by atoms with E-state index in [-0.39, 0.29) is 12.5 Å². The van der Waals surface area contributed by atoms with Crippen LogP contribution in [0.1, 0.15) is 25.3 Å². The van der Waals surface area contributed by atoms with Gasteiger partial charge in [-0.3, -0.25) is 14.5 Å². The molecule has 0 saturated carbocycles. The molecule has 0 aliphatic carbocycles. The molecule has 1 aromatic carbocycles. The Labute approximate surface area is 159 Å². The molecular formula is C19H27N5OS. The Hall–Kier alpha value is -1.99. The number of carbonyl (C=O) groups excluding carboxylic acids is 1. The normalized spacial score (nSPS) is 15.9. The molecule has 1 aliphatic heterocycles. The quantitative estimate of drug-likeness (QED) is 0.733. The minimum atomic E-state index is -0.0378. The third kappa shape index (κ3) is 4.80. The summed E-state index contributed by atoms with van der Waals surface area (Å²) in [4.78, 5) is 14.9. The fourth-order valence-electron chi connectivity index (χ4n) is 3.35. The van der Waals surface area contributed by atoms with Gasteiger partial charge in [0.1, 0.15) is 6.54 Å². The predicted octanol–water partition coefficient (Wildman–Crippen LogP) is 2.76. The smallest absolute Gasteiger partial charge is 0.240 e. The number of rotatable bonds is 7. The zero-order valence-corrected chi connectivity index (χ0v) is 16.3. The molecule has 2 heterocycles. The average molecular weight is 374 g/mol. The van der Waals surface area contributed by atoms with Crippen molar-refractivity contribution in [2.75, 3.05) is 26.2 Å². The molecule has 1 aromatic heterocycles. The van der Waals surface area contributed by atoms with Crippen LogP contribution in [0.2, 0.25) is 0 Å². The first kappa shape index (κ1) is 18.8. The van der Waals surface area contributed by atoms with Gasteiger partial charge in [0.25, 0.3) is 0 Å². The Morgan fingerprint density at radius 2 is 2.00 bits per heavy atom. The predicted molar refractivity (Wildman–Crippen MR) is 105 cm³/mol. The molecule has 3 rings (SSSR count). The molecule has 1 aliphatic rings. The first-order chi connectivity index (χ1) is 12.5. The van der Waals surface area contributed by atoms with E-state index in [1.165, 1.54) is 31.5 Å². The van der Waals surface area contributed by atoms with E-state index < -0.39 is 0 Å². The third-order valence-corrected chi connectivity index (χ3v) is 5.10. The molecule has 0 spiro atoms. The molecule has 1 atom stereocenters. The van der Waals surface area contributed by atoms with Crippen molar-refractivity contribution in [2.24, 2.45) is 5.92 Å². The van der Waals surface area contributed by atoms with Crippen LogP contribution < -0.4 is 5.32 Å². The van der Waals surface area contributed by atoms with Gasteiger partial charge in [-0.25, -0.2) is 0 Å². The Morgan fingerprint density at radius 1 is 1.31 bits per heavy atom. The SMILES string of the molecule is Cc1ccc(-c2n[nH]c(=S)n2CC(=O)NCC(C)CN2CCCC2)cc1. The Bertz CT molecular complexity index is 789. The van der Waals surface area contributed by atoms with Gasteiger partial charge in [0.2, 0.25) is 5.91 Å². The van der Waals surface area contributed by atoms with E-state index in [9.17, 15) is 4.79 Å². The summed E-state index contributed by atoms with van der Waals surface area (Å²) in [5, 5.41) is 10.1. The first-order valence-corrected chi connectivity index (χ1v) is 9.65. The van der Waals surface area contributed by atoms with E-state index in [1.807, 2.05) is 31.2 Å². The number of nitrogens with zero attached hydrogens (tertiary/aromatic N) is 3. The number of aromatic nitrogens is 3. The lowest BCUT2D eigenvalue weighted by Crippen LogP contribution is -2.36. The molecule has 140 valence electrons. The summed E-state index contributed by atoms with van der Waals surface area (Å²) in [5.74, 6) is 1.09. The minimum Gasteiger partial charge on any atom is -0.354 e. The lowest BCUT2D eigenvalue weighted by molar-refractivity contribution is -0.121. The van der Waals surface area contributed by atoms with Gasteiger partial charge in [-0.05, 0) is 51.0 Å². The maximum absolute atomic E-state index is 12.4. The molecule has 0 bridgehead atoms. The second-order valence-electron chi connectivity index (χ2n) is 7.22. The van der Waals surface area contributed by atoms with Crippen molar-refractivity contribution in [3.05, 3.63) is 34.6 Å². The first-order valence-electron chi connectivity index (χ1n) is 9.24. The maximum atomic E-state index is 12.4. The molecule has 1 fully saturated rings. The molecule has 26 heavy (non-hydrogen) atoms. The van der Waals surface area contributed by atoms with Gasteiger partial charge < -0.3 is 10.2 Å². The van der Waals surface area contributed by atoms with Crippen molar-refractivity contribution in [2.45, 2.75) is 33.2 Å². The molecule has 1 unspecified atom stereocenters. The van der Waals surface area contributed by atoms with Gasteiger partial charge in [0, 0.05) is 18.7 Å². The second-order valence-corrected chi connectivity index (χ2v) is 7.61. The summed E-state index contributed by atoms with van der Waals surface area (Å²) in [7, 11) is 0. The van der Waals surface area contributed by atoms with Crippen LogP contribution in [-0.2, 0) is 11.3 Å². The monoisotopic (exact) mass is 373 g/mol. The summed E-state index contributed by atoms with van der Waals surface area (Å²) in [6, 6.07) is 8.04. The second kappa shape index (κ2) is 8.60. The van der Waals surface area contributed by atoms with Gasteiger partial charge in [-0.2, -0.15) is 5.10 Å². The van der Waals surface area contributed by atoms with Crippen LogP contribution in [0.25, 0.3) is 11.4 Å². The fraction of sp³-hybridized carbons (Fsp3) is 0.526. The number of hydrogen-bond acceptors (Lipinski definition) is 4. The number of amides is 1. The molecular weight excluding hydrogens is 346 g/mol. The minimum absolute atomic E-state index is 0.0378. The molecule has 2 N–H and O–H groups in total. The summed E-state index contributed by atoms with van der Waals surface area (Å²) in [5.41, 5.74) is 2.12. The number of carbonyl (C=O) groups is 1. The van der Waals surface area contributed by atoms with E-state index in [2.05, 4.69) is 27.3 Å². The van der Waals surface area contributed by atoms with Gasteiger partial charge in [0.05, 0.1) is 0 Å². The van der Waals surface area contributed by atoms with Crippen LogP contribution in [0.15, 0.2) is 24.3 Å². The van der Waals surface area contributed by atoms with E-state index in [1.54, 1.807) is 4.57 Å². The standard InChI is InChI=1S/C19H27N5OS/c1-14-5-7-16(8-6-14)18-21-22-19(26)24(18)13-17(25)20-11-15(2)12-23-9-3-4-10-23/h5-8,15H,3-4,9-13H2,1-2H3,(H,20,25)(H,22,26). The molecule has 0 radical (unpaired) electrons. The zero-order valence-electron chi connectivity index (χ0n) is 15.5. The Balaban J connectivity index is 1.58. The van der Waals surface area contributed by atoms with Gasteiger partial charge in [-0.1, -0.05) is 36.8 Å². The number of hydrogen-bond donors (Lipinski definition) is 2. The van der Waals surface area contributed by atoms with Gasteiger partial charge in [0.15, 0.2) is 10.6 Å². The number of aryl methyl sites for hydroxylation is 1. The molecule has 7 heteroatoms. The van der Waals surface area contributed by atoms with Crippen molar-refractivity contribution in [1.29, 1.82) is 0 Å². The number of H-pyrrole nitrogens is 1. The number of benzene rings is 1. The zero-order chi connectivity index (χ0) is 18.5. The van der Waals surface area contributed by atoms with Crippen LogP contribution in [0.5, 0.6) is 0 Å². The largest absolute Gasteiger partial charge is 0.354 e. The van der Waals surface area contributed by atoms with E-state index in [0.717, 1.165) is 12.1 Å². The lowest BCUT2D eigenvalue weighted by Gasteiger charge is -2.20. The third-order valence-electron chi connectivity index (χ3n) is 4.79. The number of nitrogens with one attached hydrogen (secondary N) is 2. The highest BCUT2D eigenvalue weighted by Gasteiger charge is 2.16. The van der Waals surface area contributed by atoms with Crippen molar-refractivity contribution in [1.82, 2.24) is 25.0 Å². The van der Waals surface area contributed by atoms with Gasteiger partial charge in [-0.15, -0.1) is 0 Å². The van der Waals surface area contributed by atoms with Crippen LogP contribution in [0, 0.1) is 17.6 Å². The fourth-order valence-corrected chi connectivity index (χ4v) is 3.54. The molecule has 6 nitrogen and oxygen atoms in total. The highest BCUT2D eigenvalue weighted by molar-refractivity contribution is 7.71. The molecule has 2 aromatic rings. The van der Waals surface area contributed by atoms with Crippen LogP contribution in [-0.4, -0.2) is 51.8 Å². The summed E-state index contributed by atoms with van der Waals surface area (Å²) < 4.78 is 2.21. The van der Waals surface area contributed by atoms with Crippen molar-refractivity contribution in [3.63, 3.8) is 0 Å². The highest BCUT2D eigenvalue weighted by Crippen LogP contribution is 2.17. The lowest BCUT2D eigenvalue weighted by atomic mass is 10.1. The Kier molecular flexibility index (Phi) is 6.21. The van der Waals surface area contributed by atoms with Crippen molar-refractivity contribution in [3.8, 4) is 11.4 Å². The van der Waals surface area contributed by atoms with Crippen molar-refractivity contribution >= 4 is 18.1 Å². The summed E-state index contributed by atoms with van der Waals surface area (Å²) >= 11 is 5.31. The summed E-state index contributed by atoms with van der Waals surface area (Å²) in [6.07, 6.45) is 2.58. The molecule has 1 saturated heterocycles. The summed E-state index contributed by atoms with van der Waals surface area (Å²) in [6.45, 7) is 8.48. The number of aromatic amines is 1. The van der Waals surface area contributed by atoms with E-state index in [4.69, 9.17) is 12.2 Å². The van der Waals surface area contributed by atoms with Crippen LogP contribution in [0.3, 0.4) is 0 Å². The topological polar surface area (TPSA) is 66.0 Å². The van der Waals surface area contributed by atoms with E-state index in [0.29, 0.717) is 23.1 Å². The van der Waals surface area contributed by atoms with Crippen molar-refractivity contribution < 1.29 is 4.79 Å². The highest BCUT2D eigenvalue weighted by atomic mass is 32.1. The number of likely N-dealkylation sites (tertiary alicyclic amines) is 1. The van der Waals surface area contributed by atoms with Gasteiger partial charge >= 0.3 is 0 Å². The van der Waals surface area contributed by atoms with Crippen LogP contribution in [0.4, 0.5) is 0 Å². The van der Waals surface area contributed by atoms with E-state index >= 15 is 0 Å². The Morgan fingerprint density at radius 3 is 2.69 bits per heavy atom. The average Bonchev–Trinajstić information content (AvgIpc) is 3.25. The maximum Gasteiger partial charge on any atom is 0.240 e. The van der Waals surface area contributed by atoms with Crippen LogP contribution >= 0.6 is 12.2 Å². The molecule has 1 amide bonds.